The molecule has 2 aromatic carbocycles. The van der Waals surface area contributed by atoms with Gasteiger partial charge in [0.1, 0.15) is 11.6 Å². The van der Waals surface area contributed by atoms with Crippen LogP contribution in [-0.2, 0) is 17.8 Å². The van der Waals surface area contributed by atoms with E-state index in [1.165, 1.54) is 5.56 Å². The lowest BCUT2D eigenvalue weighted by atomic mass is 10.2. The van der Waals surface area contributed by atoms with Crippen molar-refractivity contribution in [2.45, 2.75) is 58.5 Å². The molecule has 1 unspecified atom stereocenters. The zero-order chi connectivity index (χ0) is 20.9. The molecule has 1 aromatic heterocycles. The summed E-state index contributed by atoms with van der Waals surface area (Å²) in [6.07, 6.45) is 4.49. The van der Waals surface area contributed by atoms with Gasteiger partial charge in [0, 0.05) is 19.5 Å². The van der Waals surface area contributed by atoms with E-state index in [2.05, 4.69) is 41.8 Å². The third kappa shape index (κ3) is 4.20. The normalized spacial score (nSPS) is 16.3. The smallest absolute Gasteiger partial charge is 0.222 e. The molecule has 3 aromatic rings. The van der Waals surface area contributed by atoms with E-state index in [1.54, 1.807) is 0 Å². The predicted molar refractivity (Wildman–Crippen MR) is 120 cm³/mol. The van der Waals surface area contributed by atoms with Gasteiger partial charge in [-0.05, 0) is 55.5 Å². The van der Waals surface area contributed by atoms with E-state index < -0.39 is 0 Å². The molecule has 1 aliphatic heterocycles. The number of nitrogens with zero attached hydrogens (tertiary/aromatic N) is 3. The van der Waals surface area contributed by atoms with Gasteiger partial charge in [-0.2, -0.15) is 0 Å². The molecule has 1 fully saturated rings. The van der Waals surface area contributed by atoms with Crippen molar-refractivity contribution in [3.63, 3.8) is 0 Å². The number of likely N-dealkylation sites (tertiary alicyclic amines) is 1. The van der Waals surface area contributed by atoms with E-state index in [0.29, 0.717) is 13.0 Å². The predicted octanol–water partition coefficient (Wildman–Crippen LogP) is 5.14. The monoisotopic (exact) mass is 405 g/mol. The SMILES string of the molecule is CCC(=O)N1CCCC1c1nc2ccccc2n1CCCOc1ccc(CC)cc1. The van der Waals surface area contributed by atoms with Crippen LogP contribution < -0.4 is 4.74 Å². The second-order valence-electron chi connectivity index (χ2n) is 7.91. The van der Waals surface area contributed by atoms with E-state index in [0.717, 1.165) is 61.4 Å². The lowest BCUT2D eigenvalue weighted by Crippen LogP contribution is -2.31. The van der Waals surface area contributed by atoms with Crippen molar-refractivity contribution in [2.24, 2.45) is 0 Å². The number of amides is 1. The number of benzene rings is 2. The molecule has 0 radical (unpaired) electrons. The highest BCUT2D eigenvalue weighted by Gasteiger charge is 2.32. The molecule has 4 rings (SSSR count). The first-order valence-electron chi connectivity index (χ1n) is 11.2. The van der Waals surface area contributed by atoms with Crippen LogP contribution in [0.2, 0.25) is 0 Å². The maximum atomic E-state index is 12.5. The van der Waals surface area contributed by atoms with Gasteiger partial charge in [-0.1, -0.05) is 38.1 Å². The summed E-state index contributed by atoms with van der Waals surface area (Å²) in [4.78, 5) is 19.4. The first-order chi connectivity index (χ1) is 14.7. The second kappa shape index (κ2) is 9.33. The molecule has 5 heteroatoms. The Morgan fingerprint density at radius 2 is 1.93 bits per heavy atom. The fourth-order valence-electron chi connectivity index (χ4n) is 4.35. The first-order valence-corrected chi connectivity index (χ1v) is 11.2. The van der Waals surface area contributed by atoms with Gasteiger partial charge in [0.15, 0.2) is 0 Å². The van der Waals surface area contributed by atoms with Crippen molar-refractivity contribution in [3.05, 3.63) is 59.9 Å². The highest BCUT2D eigenvalue weighted by atomic mass is 16.5. The number of ether oxygens (including phenoxy) is 1. The van der Waals surface area contributed by atoms with E-state index >= 15 is 0 Å². The lowest BCUT2D eigenvalue weighted by Gasteiger charge is -2.25. The highest BCUT2D eigenvalue weighted by Crippen LogP contribution is 2.34. The summed E-state index contributed by atoms with van der Waals surface area (Å²) in [6.45, 7) is 6.40. The summed E-state index contributed by atoms with van der Waals surface area (Å²) < 4.78 is 8.26. The molecule has 1 amide bonds. The number of hydrogen-bond acceptors (Lipinski definition) is 3. The lowest BCUT2D eigenvalue weighted by molar-refractivity contribution is -0.131. The molecule has 0 saturated carbocycles. The Morgan fingerprint density at radius 1 is 1.13 bits per heavy atom. The Bertz CT molecular complexity index is 993. The Kier molecular flexibility index (Phi) is 6.36. The number of rotatable bonds is 8. The quantitative estimate of drug-likeness (QED) is 0.488. The zero-order valence-corrected chi connectivity index (χ0v) is 18.0. The number of imidazole rings is 1. The van der Waals surface area contributed by atoms with Crippen LogP contribution in [0.4, 0.5) is 0 Å². The average molecular weight is 406 g/mol. The summed E-state index contributed by atoms with van der Waals surface area (Å²) in [7, 11) is 0. The number of carbonyl (C=O) groups excluding carboxylic acids is 1. The molecule has 0 N–H and O–H groups in total. The van der Waals surface area contributed by atoms with Crippen LogP contribution in [-0.4, -0.2) is 33.5 Å². The molecule has 30 heavy (non-hydrogen) atoms. The van der Waals surface area contributed by atoms with Gasteiger partial charge in [-0.15, -0.1) is 0 Å². The maximum absolute atomic E-state index is 12.5. The Balaban J connectivity index is 1.49. The van der Waals surface area contributed by atoms with E-state index in [1.807, 2.05) is 30.0 Å². The number of aryl methyl sites for hydroxylation is 2. The van der Waals surface area contributed by atoms with Gasteiger partial charge in [-0.3, -0.25) is 4.79 Å². The molecule has 0 bridgehead atoms. The van der Waals surface area contributed by atoms with Crippen LogP contribution in [0, 0.1) is 0 Å². The van der Waals surface area contributed by atoms with E-state index in [9.17, 15) is 4.79 Å². The number of fused-ring (bicyclic) bond motifs is 1. The summed E-state index contributed by atoms with van der Waals surface area (Å²) in [5.41, 5.74) is 3.45. The van der Waals surface area contributed by atoms with Gasteiger partial charge in [-0.25, -0.2) is 4.98 Å². The topological polar surface area (TPSA) is 47.4 Å². The van der Waals surface area contributed by atoms with Crippen molar-refractivity contribution in [1.82, 2.24) is 14.5 Å². The zero-order valence-electron chi connectivity index (χ0n) is 18.0. The molecular weight excluding hydrogens is 374 g/mol. The highest BCUT2D eigenvalue weighted by molar-refractivity contribution is 5.78. The van der Waals surface area contributed by atoms with Crippen LogP contribution in [0.5, 0.6) is 5.75 Å². The minimum Gasteiger partial charge on any atom is -0.494 e. The minimum atomic E-state index is 0.0763. The largest absolute Gasteiger partial charge is 0.494 e. The second-order valence-corrected chi connectivity index (χ2v) is 7.91. The van der Waals surface area contributed by atoms with Gasteiger partial charge in [0.25, 0.3) is 0 Å². The Hall–Kier alpha value is -2.82. The molecule has 2 heterocycles. The fraction of sp³-hybridized carbons (Fsp3) is 0.440. The summed E-state index contributed by atoms with van der Waals surface area (Å²) in [5, 5.41) is 0. The minimum absolute atomic E-state index is 0.0763. The van der Waals surface area contributed by atoms with E-state index in [4.69, 9.17) is 9.72 Å². The van der Waals surface area contributed by atoms with Gasteiger partial charge in [0.2, 0.25) is 5.91 Å². The number of para-hydroxylation sites is 2. The first kappa shape index (κ1) is 20.5. The maximum Gasteiger partial charge on any atom is 0.222 e. The van der Waals surface area contributed by atoms with Crippen molar-refractivity contribution in [2.75, 3.05) is 13.2 Å². The van der Waals surface area contributed by atoms with Gasteiger partial charge in [0.05, 0.1) is 23.7 Å². The van der Waals surface area contributed by atoms with Crippen LogP contribution in [0.3, 0.4) is 0 Å². The number of aromatic nitrogens is 2. The van der Waals surface area contributed by atoms with Crippen LogP contribution in [0.15, 0.2) is 48.5 Å². The molecule has 0 spiro atoms. The molecule has 158 valence electrons. The fourth-order valence-corrected chi connectivity index (χ4v) is 4.35. The molecule has 1 atom stereocenters. The molecule has 1 saturated heterocycles. The number of carbonyl (C=O) groups is 1. The van der Waals surface area contributed by atoms with Crippen molar-refractivity contribution in [1.29, 1.82) is 0 Å². The molecule has 0 aliphatic carbocycles. The van der Waals surface area contributed by atoms with Crippen LogP contribution in [0.25, 0.3) is 11.0 Å². The average Bonchev–Trinajstić information content (AvgIpc) is 3.41. The molecule has 1 aliphatic rings. The summed E-state index contributed by atoms with van der Waals surface area (Å²) in [5.74, 6) is 2.15. The summed E-state index contributed by atoms with van der Waals surface area (Å²) in [6, 6.07) is 16.7. The Morgan fingerprint density at radius 3 is 2.70 bits per heavy atom. The van der Waals surface area contributed by atoms with Crippen LogP contribution in [0.1, 0.15) is 57.0 Å². The third-order valence-corrected chi connectivity index (χ3v) is 5.98. The standard InChI is InChI=1S/C25H31N3O2/c1-3-19-12-14-20(15-13-19)30-18-8-17-28-22-10-6-5-9-21(22)26-25(28)23-11-7-16-27(23)24(29)4-2/h5-6,9-10,12-15,23H,3-4,7-8,11,16-18H2,1-2H3. The van der Waals surface area contributed by atoms with Gasteiger partial charge >= 0.3 is 0 Å². The molecule has 5 nitrogen and oxygen atoms in total. The van der Waals surface area contributed by atoms with E-state index in [-0.39, 0.29) is 11.9 Å². The molecular formula is C25H31N3O2. The van der Waals surface area contributed by atoms with Crippen molar-refractivity contribution < 1.29 is 9.53 Å². The van der Waals surface area contributed by atoms with Gasteiger partial charge < -0.3 is 14.2 Å². The third-order valence-electron chi connectivity index (χ3n) is 5.98. The van der Waals surface area contributed by atoms with Crippen molar-refractivity contribution in [3.8, 4) is 5.75 Å². The summed E-state index contributed by atoms with van der Waals surface area (Å²) >= 11 is 0. The van der Waals surface area contributed by atoms with Crippen LogP contribution >= 0.6 is 0 Å². The van der Waals surface area contributed by atoms with Crippen molar-refractivity contribution >= 4 is 16.9 Å². The number of hydrogen-bond donors (Lipinski definition) is 0. The Labute approximate surface area is 178 Å².